The van der Waals surface area contributed by atoms with Crippen LogP contribution >= 0.6 is 0 Å². The van der Waals surface area contributed by atoms with Gasteiger partial charge in [0.25, 0.3) is 0 Å². The Hall–Kier alpha value is -1.88. The number of benzene rings is 1. The Bertz CT molecular complexity index is 622. The van der Waals surface area contributed by atoms with Crippen molar-refractivity contribution in [2.24, 2.45) is 0 Å². The van der Waals surface area contributed by atoms with Crippen LogP contribution in [-0.4, -0.2) is 15.3 Å². The fraction of sp³-hybridized carbons (Fsp3) is 0.214. The molecule has 0 saturated heterocycles. The Morgan fingerprint density at radius 2 is 1.84 bits per heavy atom. The van der Waals surface area contributed by atoms with Gasteiger partial charge < -0.3 is 9.52 Å². The molecule has 4 nitrogen and oxygen atoms in total. The van der Waals surface area contributed by atoms with E-state index in [0.29, 0.717) is 5.75 Å². The highest BCUT2D eigenvalue weighted by Gasteiger charge is 2.14. The summed E-state index contributed by atoms with van der Waals surface area (Å²) in [5.41, 5.74) is 3.17. The lowest BCUT2D eigenvalue weighted by Crippen LogP contribution is -1.97. The van der Waals surface area contributed by atoms with Gasteiger partial charge in [0, 0.05) is 0 Å². The van der Waals surface area contributed by atoms with Gasteiger partial charge in [0.2, 0.25) is 5.76 Å². The van der Waals surface area contributed by atoms with Crippen molar-refractivity contribution in [2.45, 2.75) is 24.7 Å². The average molecular weight is 278 g/mol. The SMILES string of the molecule is Cc1cc(C)cc(CS(=O)c2ccc(C(=O)O)o2)c1. The van der Waals surface area contributed by atoms with Crippen LogP contribution in [0.4, 0.5) is 0 Å². The molecule has 5 heteroatoms. The number of hydrogen-bond acceptors (Lipinski definition) is 3. The molecule has 0 amide bonds. The summed E-state index contributed by atoms with van der Waals surface area (Å²) in [7, 11) is -1.38. The molecular formula is C14H14O4S. The maximum atomic E-state index is 12.1. The molecule has 0 aliphatic heterocycles. The van der Waals surface area contributed by atoms with Crippen LogP contribution in [0, 0.1) is 13.8 Å². The number of rotatable bonds is 4. The van der Waals surface area contributed by atoms with E-state index in [4.69, 9.17) is 9.52 Å². The molecule has 1 heterocycles. The van der Waals surface area contributed by atoms with Crippen molar-refractivity contribution in [3.8, 4) is 0 Å². The molecule has 1 aromatic carbocycles. The van der Waals surface area contributed by atoms with E-state index >= 15 is 0 Å². The van der Waals surface area contributed by atoms with Crippen LogP contribution in [0.25, 0.3) is 0 Å². The number of furan rings is 1. The van der Waals surface area contributed by atoms with Crippen LogP contribution in [0.15, 0.2) is 39.8 Å². The molecule has 0 bridgehead atoms. The maximum absolute atomic E-state index is 12.1. The first-order valence-electron chi connectivity index (χ1n) is 5.74. The predicted molar refractivity (Wildman–Crippen MR) is 71.7 cm³/mol. The summed E-state index contributed by atoms with van der Waals surface area (Å²) >= 11 is 0. The van der Waals surface area contributed by atoms with Crippen molar-refractivity contribution in [2.75, 3.05) is 0 Å². The van der Waals surface area contributed by atoms with Crippen molar-refractivity contribution in [1.29, 1.82) is 0 Å². The Kier molecular flexibility index (Phi) is 3.85. The highest BCUT2D eigenvalue weighted by Crippen LogP contribution is 2.17. The first kappa shape index (κ1) is 13.5. The number of hydrogen-bond donors (Lipinski definition) is 1. The van der Waals surface area contributed by atoms with E-state index in [2.05, 4.69) is 0 Å². The van der Waals surface area contributed by atoms with Gasteiger partial charge in [0.1, 0.15) is 0 Å². The lowest BCUT2D eigenvalue weighted by atomic mass is 10.1. The number of aromatic carboxylic acids is 1. The third-order valence-corrected chi connectivity index (χ3v) is 3.86. The molecule has 2 aromatic rings. The molecule has 1 atom stereocenters. The van der Waals surface area contributed by atoms with Crippen molar-refractivity contribution in [1.82, 2.24) is 0 Å². The highest BCUT2D eigenvalue weighted by atomic mass is 32.2. The van der Waals surface area contributed by atoms with Gasteiger partial charge in [-0.1, -0.05) is 29.3 Å². The summed E-state index contributed by atoms with van der Waals surface area (Å²) in [5.74, 6) is -1.03. The van der Waals surface area contributed by atoms with E-state index in [1.54, 1.807) is 0 Å². The molecule has 100 valence electrons. The molecule has 1 aromatic heterocycles. The Labute approximate surface area is 113 Å². The van der Waals surface area contributed by atoms with Crippen LogP contribution in [0.5, 0.6) is 0 Å². The standard InChI is InChI=1S/C14H14O4S/c1-9-5-10(2)7-11(6-9)8-19(17)13-4-3-12(18-13)14(15)16/h3-7H,8H2,1-2H3,(H,15,16). The van der Waals surface area contributed by atoms with Gasteiger partial charge in [-0.2, -0.15) is 0 Å². The fourth-order valence-electron chi connectivity index (χ4n) is 1.93. The molecule has 1 N–H and O–H groups in total. The van der Waals surface area contributed by atoms with Crippen molar-refractivity contribution in [3.05, 3.63) is 52.8 Å². The van der Waals surface area contributed by atoms with E-state index in [-0.39, 0.29) is 10.9 Å². The van der Waals surface area contributed by atoms with Gasteiger partial charge in [0.05, 0.1) is 16.6 Å². The average Bonchev–Trinajstić information content (AvgIpc) is 2.76. The molecule has 0 saturated carbocycles. The molecule has 19 heavy (non-hydrogen) atoms. The van der Waals surface area contributed by atoms with Gasteiger partial charge in [-0.05, 0) is 31.5 Å². The van der Waals surface area contributed by atoms with Crippen LogP contribution < -0.4 is 0 Å². The molecule has 0 aliphatic carbocycles. The van der Waals surface area contributed by atoms with Crippen LogP contribution in [0.3, 0.4) is 0 Å². The molecule has 0 spiro atoms. The zero-order valence-electron chi connectivity index (χ0n) is 10.7. The molecular weight excluding hydrogens is 264 g/mol. The summed E-state index contributed by atoms with van der Waals surface area (Å²) in [6, 6.07) is 8.74. The molecule has 0 aliphatic rings. The second-order valence-corrected chi connectivity index (χ2v) is 5.79. The lowest BCUT2D eigenvalue weighted by molar-refractivity contribution is 0.0656. The third-order valence-electron chi connectivity index (χ3n) is 2.60. The van der Waals surface area contributed by atoms with Crippen LogP contribution in [0.1, 0.15) is 27.2 Å². The van der Waals surface area contributed by atoms with Crippen molar-refractivity contribution >= 4 is 16.8 Å². The smallest absolute Gasteiger partial charge is 0.371 e. The Morgan fingerprint density at radius 1 is 1.21 bits per heavy atom. The summed E-state index contributed by atoms with van der Waals surface area (Å²) < 4.78 is 17.1. The summed E-state index contributed by atoms with van der Waals surface area (Å²) in [6.07, 6.45) is 0. The number of carbonyl (C=O) groups is 1. The first-order chi connectivity index (χ1) is 8.95. The van der Waals surface area contributed by atoms with Gasteiger partial charge in [0.15, 0.2) is 5.09 Å². The summed E-state index contributed by atoms with van der Waals surface area (Å²) in [6.45, 7) is 3.96. The molecule has 0 fully saturated rings. The van der Waals surface area contributed by atoms with E-state index in [1.807, 2.05) is 32.0 Å². The highest BCUT2D eigenvalue weighted by molar-refractivity contribution is 7.84. The topological polar surface area (TPSA) is 67.5 Å². The summed E-state index contributed by atoms with van der Waals surface area (Å²) in [5, 5.41) is 8.94. The van der Waals surface area contributed by atoms with Crippen molar-refractivity contribution < 1.29 is 18.5 Å². The van der Waals surface area contributed by atoms with Crippen molar-refractivity contribution in [3.63, 3.8) is 0 Å². The minimum Gasteiger partial charge on any atom is -0.475 e. The first-order valence-corrected chi connectivity index (χ1v) is 7.06. The zero-order chi connectivity index (χ0) is 14.0. The van der Waals surface area contributed by atoms with Gasteiger partial charge in [-0.3, -0.25) is 4.21 Å². The number of carboxylic acids is 1. The predicted octanol–water partition coefficient (Wildman–Crippen LogP) is 2.90. The minimum atomic E-state index is -1.38. The zero-order valence-corrected chi connectivity index (χ0v) is 11.5. The molecule has 1 unspecified atom stereocenters. The van der Waals surface area contributed by atoms with Crippen LogP contribution in [-0.2, 0) is 16.6 Å². The largest absolute Gasteiger partial charge is 0.475 e. The molecule has 2 rings (SSSR count). The maximum Gasteiger partial charge on any atom is 0.371 e. The Balaban J connectivity index is 2.18. The Morgan fingerprint density at radius 3 is 2.37 bits per heavy atom. The van der Waals surface area contributed by atoms with Crippen LogP contribution in [0.2, 0.25) is 0 Å². The monoisotopic (exact) mass is 278 g/mol. The normalized spacial score (nSPS) is 12.3. The number of carboxylic acid groups (broad SMARTS) is 1. The second kappa shape index (κ2) is 5.40. The van der Waals surface area contributed by atoms with Gasteiger partial charge >= 0.3 is 5.97 Å². The second-order valence-electron chi connectivity index (χ2n) is 4.41. The third kappa shape index (κ3) is 3.32. The van der Waals surface area contributed by atoms with E-state index in [9.17, 15) is 9.00 Å². The lowest BCUT2D eigenvalue weighted by Gasteiger charge is -2.03. The van der Waals surface area contributed by atoms with E-state index < -0.39 is 16.8 Å². The minimum absolute atomic E-state index is 0.191. The van der Waals surface area contributed by atoms with Gasteiger partial charge in [-0.25, -0.2) is 4.79 Å². The van der Waals surface area contributed by atoms with E-state index in [1.165, 1.54) is 12.1 Å². The summed E-state index contributed by atoms with van der Waals surface area (Å²) in [4.78, 5) is 10.7. The fourth-order valence-corrected chi connectivity index (χ4v) is 2.95. The quantitative estimate of drug-likeness (QED) is 0.933. The number of aryl methyl sites for hydroxylation is 2. The molecule has 0 radical (unpaired) electrons. The van der Waals surface area contributed by atoms with E-state index in [0.717, 1.165) is 16.7 Å². The van der Waals surface area contributed by atoms with Gasteiger partial charge in [-0.15, -0.1) is 0 Å².